The van der Waals surface area contributed by atoms with Gasteiger partial charge in [-0.1, -0.05) is 36.4 Å². The zero-order valence-corrected chi connectivity index (χ0v) is 18.9. The van der Waals surface area contributed by atoms with E-state index in [1.54, 1.807) is 25.1 Å². The van der Waals surface area contributed by atoms with Crippen molar-refractivity contribution in [3.05, 3.63) is 69.9 Å². The normalized spacial score (nSPS) is 19.2. The molecule has 3 aromatic rings. The van der Waals surface area contributed by atoms with Crippen LogP contribution >= 0.6 is 0 Å². The van der Waals surface area contributed by atoms with Gasteiger partial charge in [0.2, 0.25) is 0 Å². The van der Waals surface area contributed by atoms with E-state index in [2.05, 4.69) is 24.1 Å². The molecule has 2 heterocycles. The lowest BCUT2D eigenvalue weighted by Crippen LogP contribution is -2.46. The predicted molar refractivity (Wildman–Crippen MR) is 126 cm³/mol. The van der Waals surface area contributed by atoms with E-state index in [1.807, 2.05) is 30.3 Å². The van der Waals surface area contributed by atoms with E-state index in [0.717, 1.165) is 31.6 Å². The number of amides is 1. The molecule has 1 amide bonds. The molecule has 6 nitrogen and oxygen atoms in total. The van der Waals surface area contributed by atoms with E-state index >= 15 is 0 Å². The maximum absolute atomic E-state index is 13.0. The van der Waals surface area contributed by atoms with Crippen LogP contribution in [0.1, 0.15) is 36.2 Å². The first-order valence-electron chi connectivity index (χ1n) is 11.2. The molecule has 0 bridgehead atoms. The number of hydrogen-bond donors (Lipinski definition) is 1. The van der Waals surface area contributed by atoms with Crippen LogP contribution in [-0.4, -0.2) is 49.2 Å². The minimum absolute atomic E-state index is 0.115. The third kappa shape index (κ3) is 4.76. The number of fused-ring (bicyclic) bond motifs is 1. The minimum Gasteiger partial charge on any atom is -0.455 e. The standard InChI is InChI=1S/C26H30N2O4/c1-17-15-28(16-18(2)31-17)14-8-13-27-26(30)22-12-7-11-21-23(29)19(3)24(32-25(21)22)20-9-5-4-6-10-20/h4-7,9-12,17-18H,8,13-16H2,1-3H3,(H,27,30)/t17-,18-/m0/s1. The molecule has 0 aliphatic carbocycles. The highest BCUT2D eigenvalue weighted by atomic mass is 16.5. The summed E-state index contributed by atoms with van der Waals surface area (Å²) in [4.78, 5) is 28.3. The van der Waals surface area contributed by atoms with Gasteiger partial charge in [-0.15, -0.1) is 0 Å². The van der Waals surface area contributed by atoms with Crippen molar-refractivity contribution >= 4 is 16.9 Å². The molecule has 1 aromatic heterocycles. The summed E-state index contributed by atoms with van der Waals surface area (Å²) >= 11 is 0. The SMILES string of the molecule is Cc1c(-c2ccccc2)oc2c(C(=O)NCCCN3C[C@H](C)O[C@@H](C)C3)cccc2c1=O. The largest absolute Gasteiger partial charge is 0.455 e. The first-order chi connectivity index (χ1) is 15.4. The van der Waals surface area contributed by atoms with Gasteiger partial charge in [-0.05, 0) is 39.3 Å². The van der Waals surface area contributed by atoms with Gasteiger partial charge in [-0.25, -0.2) is 0 Å². The van der Waals surface area contributed by atoms with E-state index in [-0.39, 0.29) is 23.5 Å². The Kier molecular flexibility index (Phi) is 6.72. The van der Waals surface area contributed by atoms with Crippen LogP contribution in [0.25, 0.3) is 22.3 Å². The Hall–Kier alpha value is -2.96. The van der Waals surface area contributed by atoms with E-state index in [1.165, 1.54) is 0 Å². The van der Waals surface area contributed by atoms with Crippen molar-refractivity contribution in [3.8, 4) is 11.3 Å². The fourth-order valence-corrected chi connectivity index (χ4v) is 4.42. The van der Waals surface area contributed by atoms with Crippen LogP contribution in [0, 0.1) is 6.92 Å². The molecule has 0 unspecified atom stereocenters. The summed E-state index contributed by atoms with van der Waals surface area (Å²) < 4.78 is 11.9. The molecule has 0 radical (unpaired) electrons. The summed E-state index contributed by atoms with van der Waals surface area (Å²) in [5.41, 5.74) is 1.94. The molecule has 6 heteroatoms. The maximum Gasteiger partial charge on any atom is 0.255 e. The van der Waals surface area contributed by atoms with Gasteiger partial charge in [0.1, 0.15) is 5.76 Å². The average Bonchev–Trinajstić information content (AvgIpc) is 2.78. The van der Waals surface area contributed by atoms with Crippen LogP contribution < -0.4 is 10.7 Å². The molecule has 32 heavy (non-hydrogen) atoms. The highest BCUT2D eigenvalue weighted by molar-refractivity contribution is 6.05. The van der Waals surface area contributed by atoms with Crippen LogP contribution in [0.4, 0.5) is 0 Å². The van der Waals surface area contributed by atoms with E-state index in [0.29, 0.717) is 34.4 Å². The highest BCUT2D eigenvalue weighted by Crippen LogP contribution is 2.27. The predicted octanol–water partition coefficient (Wildman–Crippen LogP) is 4.00. The van der Waals surface area contributed by atoms with Gasteiger partial charge in [0.15, 0.2) is 11.0 Å². The Balaban J connectivity index is 1.50. The molecule has 1 aliphatic rings. The fourth-order valence-electron chi connectivity index (χ4n) is 4.42. The average molecular weight is 435 g/mol. The number of hydrogen-bond acceptors (Lipinski definition) is 5. The quantitative estimate of drug-likeness (QED) is 0.594. The number of carbonyl (C=O) groups excluding carboxylic acids is 1. The number of benzene rings is 2. The molecule has 1 aliphatic heterocycles. The van der Waals surface area contributed by atoms with Gasteiger partial charge < -0.3 is 14.5 Å². The first-order valence-corrected chi connectivity index (χ1v) is 11.2. The zero-order valence-electron chi connectivity index (χ0n) is 18.9. The Morgan fingerprint density at radius 2 is 1.78 bits per heavy atom. The molecule has 1 N–H and O–H groups in total. The zero-order chi connectivity index (χ0) is 22.7. The molecule has 2 atom stereocenters. The Labute approximate surface area is 188 Å². The summed E-state index contributed by atoms with van der Waals surface area (Å²) in [5.74, 6) is 0.268. The Bertz CT molecular complexity index is 1150. The number of morpholine rings is 1. The number of nitrogens with zero attached hydrogens (tertiary/aromatic N) is 1. The second kappa shape index (κ2) is 9.67. The molecule has 1 fully saturated rings. The fraction of sp³-hybridized carbons (Fsp3) is 0.385. The van der Waals surface area contributed by atoms with E-state index in [9.17, 15) is 9.59 Å². The van der Waals surface area contributed by atoms with Gasteiger partial charge in [0.05, 0.1) is 23.2 Å². The second-order valence-corrected chi connectivity index (χ2v) is 8.56. The lowest BCUT2D eigenvalue weighted by Gasteiger charge is -2.35. The van der Waals surface area contributed by atoms with E-state index in [4.69, 9.17) is 9.15 Å². The first kappa shape index (κ1) is 22.2. The second-order valence-electron chi connectivity index (χ2n) is 8.56. The maximum atomic E-state index is 13.0. The summed E-state index contributed by atoms with van der Waals surface area (Å²) in [6.07, 6.45) is 1.30. The molecular weight excluding hydrogens is 404 g/mol. The van der Waals surface area contributed by atoms with Crippen molar-refractivity contribution in [2.24, 2.45) is 0 Å². The van der Waals surface area contributed by atoms with Crippen LogP contribution in [0.5, 0.6) is 0 Å². The van der Waals surface area contributed by atoms with Gasteiger partial charge in [-0.2, -0.15) is 0 Å². The highest BCUT2D eigenvalue weighted by Gasteiger charge is 2.22. The molecule has 168 valence electrons. The van der Waals surface area contributed by atoms with Crippen molar-refractivity contribution in [2.75, 3.05) is 26.2 Å². The minimum atomic E-state index is -0.231. The van der Waals surface area contributed by atoms with Crippen molar-refractivity contribution in [1.82, 2.24) is 10.2 Å². The number of ether oxygens (including phenoxy) is 1. The third-order valence-electron chi connectivity index (χ3n) is 5.86. The van der Waals surface area contributed by atoms with Crippen molar-refractivity contribution in [2.45, 2.75) is 39.4 Å². The van der Waals surface area contributed by atoms with E-state index < -0.39 is 0 Å². The summed E-state index contributed by atoms with van der Waals surface area (Å²) in [6.45, 7) is 9.21. The lowest BCUT2D eigenvalue weighted by atomic mass is 10.0. The van der Waals surface area contributed by atoms with Gasteiger partial charge >= 0.3 is 0 Å². The van der Waals surface area contributed by atoms with Crippen molar-refractivity contribution < 1.29 is 13.9 Å². The molecule has 0 spiro atoms. The summed E-state index contributed by atoms with van der Waals surface area (Å²) in [6, 6.07) is 14.6. The molecule has 1 saturated heterocycles. The van der Waals surface area contributed by atoms with Gasteiger partial charge in [-0.3, -0.25) is 14.5 Å². The molecule has 2 aromatic carbocycles. The van der Waals surface area contributed by atoms with Crippen LogP contribution in [0.3, 0.4) is 0 Å². The monoisotopic (exact) mass is 434 g/mol. The molecular formula is C26H30N2O4. The Morgan fingerprint density at radius 1 is 1.06 bits per heavy atom. The number of para-hydroxylation sites is 1. The van der Waals surface area contributed by atoms with Crippen molar-refractivity contribution in [3.63, 3.8) is 0 Å². The number of rotatable bonds is 6. The van der Waals surface area contributed by atoms with Crippen LogP contribution in [-0.2, 0) is 4.74 Å². The third-order valence-corrected chi connectivity index (χ3v) is 5.86. The lowest BCUT2D eigenvalue weighted by molar-refractivity contribution is -0.0679. The number of carbonyl (C=O) groups is 1. The van der Waals surface area contributed by atoms with Gasteiger partial charge in [0, 0.05) is 37.3 Å². The smallest absolute Gasteiger partial charge is 0.255 e. The van der Waals surface area contributed by atoms with Crippen LogP contribution in [0.2, 0.25) is 0 Å². The Morgan fingerprint density at radius 3 is 2.50 bits per heavy atom. The summed E-state index contributed by atoms with van der Waals surface area (Å²) in [7, 11) is 0. The van der Waals surface area contributed by atoms with Crippen molar-refractivity contribution in [1.29, 1.82) is 0 Å². The molecule has 4 rings (SSSR count). The summed E-state index contributed by atoms with van der Waals surface area (Å²) in [5, 5.41) is 3.41. The van der Waals surface area contributed by atoms with Crippen LogP contribution in [0.15, 0.2) is 57.7 Å². The number of nitrogens with one attached hydrogen (secondary N) is 1. The molecule has 0 saturated carbocycles. The topological polar surface area (TPSA) is 71.8 Å². The van der Waals surface area contributed by atoms with Gasteiger partial charge in [0.25, 0.3) is 5.91 Å².